The molecule has 8 atom stereocenters. The number of hydrogen-bond donors (Lipinski definition) is 2. The highest BCUT2D eigenvalue weighted by atomic mass is 16.3. The molecule has 3 saturated carbocycles. The minimum atomic E-state index is -0.125. The molecule has 0 unspecified atom stereocenters. The third-order valence-electron chi connectivity index (χ3n) is 8.78. The molecule has 0 aromatic heterocycles. The molecule has 25 heavy (non-hydrogen) atoms. The van der Waals surface area contributed by atoms with Crippen LogP contribution in [0.5, 0.6) is 0 Å². The van der Waals surface area contributed by atoms with Gasteiger partial charge in [0.15, 0.2) is 0 Å². The van der Waals surface area contributed by atoms with Crippen LogP contribution in [0.4, 0.5) is 0 Å². The first-order valence-electron chi connectivity index (χ1n) is 10.4. The van der Waals surface area contributed by atoms with Crippen molar-refractivity contribution in [3.63, 3.8) is 0 Å². The highest BCUT2D eigenvalue weighted by Crippen LogP contribution is 2.65. The lowest BCUT2D eigenvalue weighted by atomic mass is 9.48. The molecule has 3 heteroatoms. The van der Waals surface area contributed by atoms with Crippen LogP contribution in [0.2, 0.25) is 0 Å². The van der Waals surface area contributed by atoms with Crippen molar-refractivity contribution < 1.29 is 9.90 Å². The fourth-order valence-electron chi connectivity index (χ4n) is 7.53. The topological polar surface area (TPSA) is 49.3 Å². The molecule has 0 saturated heterocycles. The summed E-state index contributed by atoms with van der Waals surface area (Å²) in [6, 6.07) is 0.335. The minimum absolute atomic E-state index is 0.125. The Bertz CT molecular complexity index is 599. The van der Waals surface area contributed by atoms with Crippen molar-refractivity contribution in [1.29, 1.82) is 0 Å². The Kier molecular flexibility index (Phi) is 4.10. The van der Waals surface area contributed by atoms with Crippen LogP contribution >= 0.6 is 0 Å². The van der Waals surface area contributed by atoms with Crippen molar-refractivity contribution in [3.05, 3.63) is 11.6 Å². The molecular weight excluding hydrogens is 310 g/mol. The molecule has 3 fully saturated rings. The van der Waals surface area contributed by atoms with Crippen LogP contribution in [0.1, 0.15) is 72.6 Å². The Hall–Kier alpha value is -0.830. The number of nitrogens with one attached hydrogen (secondary N) is 1. The summed E-state index contributed by atoms with van der Waals surface area (Å²) in [5.41, 5.74) is 2.10. The Morgan fingerprint density at radius 1 is 1.24 bits per heavy atom. The second-order valence-corrected chi connectivity index (χ2v) is 10.1. The molecule has 0 aromatic rings. The van der Waals surface area contributed by atoms with Crippen LogP contribution in [0.15, 0.2) is 11.6 Å². The van der Waals surface area contributed by atoms with E-state index in [-0.39, 0.29) is 17.4 Å². The van der Waals surface area contributed by atoms with Gasteiger partial charge in [0.1, 0.15) is 0 Å². The summed E-state index contributed by atoms with van der Waals surface area (Å²) in [5.74, 6) is 2.94. The fraction of sp³-hybridized carbons (Fsp3) is 0.864. The molecule has 0 bridgehead atoms. The summed E-state index contributed by atoms with van der Waals surface area (Å²) in [6.45, 7) is 8.93. The van der Waals surface area contributed by atoms with Gasteiger partial charge in [0.2, 0.25) is 5.91 Å². The number of aliphatic hydroxyl groups excluding tert-OH is 1. The van der Waals surface area contributed by atoms with Gasteiger partial charge in [-0.05, 0) is 79.4 Å². The SMILES string of the molecule is CC(=O)N[C@@H]1[C@H](C)C[C@@H]2[C@@H]3CC=C4C[C@H](O)CC[C@]4(C)[C@@H]3CC[C@@]21C. The quantitative estimate of drug-likeness (QED) is 0.704. The Labute approximate surface area is 152 Å². The lowest BCUT2D eigenvalue weighted by molar-refractivity contribution is -0.121. The standard InChI is InChI=1S/C22H35NO2/c1-13-11-19-17-6-5-15-12-16(25)7-9-21(15,3)18(17)8-10-22(19,4)20(13)23-14(2)24/h5,13,16-20,25H,6-12H2,1-4H3,(H,23,24)/t13-,16-,17-,18-,19-,20-,21+,22+/m1/s1. The van der Waals surface area contributed by atoms with E-state index in [0.29, 0.717) is 17.4 Å². The van der Waals surface area contributed by atoms with E-state index in [1.807, 2.05) is 0 Å². The molecule has 3 nitrogen and oxygen atoms in total. The van der Waals surface area contributed by atoms with Crippen molar-refractivity contribution >= 4 is 5.91 Å². The molecule has 4 aliphatic carbocycles. The molecule has 140 valence electrons. The molecule has 2 N–H and O–H groups in total. The van der Waals surface area contributed by atoms with Crippen LogP contribution < -0.4 is 5.32 Å². The zero-order valence-electron chi connectivity index (χ0n) is 16.3. The summed E-state index contributed by atoms with van der Waals surface area (Å²) in [7, 11) is 0. The van der Waals surface area contributed by atoms with Gasteiger partial charge in [0.25, 0.3) is 0 Å². The molecular formula is C22H35NO2. The largest absolute Gasteiger partial charge is 0.393 e. The monoisotopic (exact) mass is 345 g/mol. The van der Waals surface area contributed by atoms with Crippen LogP contribution in [0, 0.1) is 34.5 Å². The summed E-state index contributed by atoms with van der Waals surface area (Å²) < 4.78 is 0. The zero-order chi connectivity index (χ0) is 18.0. The number of carbonyl (C=O) groups excluding carboxylic acids is 1. The Morgan fingerprint density at radius 2 is 2.00 bits per heavy atom. The van der Waals surface area contributed by atoms with Gasteiger partial charge in [-0.15, -0.1) is 0 Å². The number of hydrogen-bond acceptors (Lipinski definition) is 2. The van der Waals surface area contributed by atoms with Crippen LogP contribution in [-0.2, 0) is 4.79 Å². The molecule has 0 heterocycles. The number of aliphatic hydroxyl groups is 1. The lowest BCUT2D eigenvalue weighted by Gasteiger charge is -2.58. The number of carbonyl (C=O) groups is 1. The van der Waals surface area contributed by atoms with Gasteiger partial charge in [-0.2, -0.15) is 0 Å². The van der Waals surface area contributed by atoms with E-state index in [1.165, 1.54) is 25.7 Å². The fourth-order valence-corrected chi connectivity index (χ4v) is 7.53. The third kappa shape index (κ3) is 2.52. The van der Waals surface area contributed by atoms with E-state index in [9.17, 15) is 9.90 Å². The summed E-state index contributed by atoms with van der Waals surface area (Å²) in [5, 5.41) is 13.4. The summed E-state index contributed by atoms with van der Waals surface area (Å²) in [6.07, 6.45) is 10.3. The van der Waals surface area contributed by atoms with E-state index >= 15 is 0 Å². The molecule has 0 spiro atoms. The number of rotatable bonds is 1. The number of amides is 1. The maximum atomic E-state index is 11.8. The summed E-state index contributed by atoms with van der Waals surface area (Å²) >= 11 is 0. The summed E-state index contributed by atoms with van der Waals surface area (Å²) in [4.78, 5) is 11.8. The maximum Gasteiger partial charge on any atom is 0.217 e. The molecule has 4 rings (SSSR count). The lowest BCUT2D eigenvalue weighted by Crippen LogP contribution is -2.54. The van der Waals surface area contributed by atoms with Gasteiger partial charge < -0.3 is 10.4 Å². The van der Waals surface area contributed by atoms with Crippen LogP contribution in [-0.4, -0.2) is 23.2 Å². The first-order valence-corrected chi connectivity index (χ1v) is 10.4. The van der Waals surface area contributed by atoms with E-state index in [4.69, 9.17) is 0 Å². The van der Waals surface area contributed by atoms with E-state index in [0.717, 1.165) is 37.0 Å². The smallest absolute Gasteiger partial charge is 0.217 e. The van der Waals surface area contributed by atoms with Crippen molar-refractivity contribution in [2.24, 2.45) is 34.5 Å². The molecule has 0 aromatic carbocycles. The molecule has 0 aliphatic heterocycles. The maximum absolute atomic E-state index is 11.8. The van der Waals surface area contributed by atoms with Gasteiger partial charge >= 0.3 is 0 Å². The molecule has 4 aliphatic rings. The first kappa shape index (κ1) is 17.6. The van der Waals surface area contributed by atoms with Gasteiger partial charge in [-0.3, -0.25) is 4.79 Å². The number of allylic oxidation sites excluding steroid dienone is 1. The van der Waals surface area contributed by atoms with Crippen molar-refractivity contribution in [1.82, 2.24) is 5.32 Å². The first-order chi connectivity index (χ1) is 11.8. The minimum Gasteiger partial charge on any atom is -0.393 e. The van der Waals surface area contributed by atoms with E-state index in [1.54, 1.807) is 12.5 Å². The average Bonchev–Trinajstić information content (AvgIpc) is 2.79. The van der Waals surface area contributed by atoms with Gasteiger partial charge in [0, 0.05) is 13.0 Å². The average molecular weight is 346 g/mol. The Balaban J connectivity index is 1.64. The zero-order valence-corrected chi connectivity index (χ0v) is 16.3. The van der Waals surface area contributed by atoms with Crippen LogP contribution in [0.3, 0.4) is 0 Å². The highest BCUT2D eigenvalue weighted by molar-refractivity contribution is 5.73. The Morgan fingerprint density at radius 3 is 2.72 bits per heavy atom. The molecule has 0 radical (unpaired) electrons. The third-order valence-corrected chi connectivity index (χ3v) is 8.78. The highest BCUT2D eigenvalue weighted by Gasteiger charge is 2.60. The van der Waals surface area contributed by atoms with Crippen LogP contribution in [0.25, 0.3) is 0 Å². The van der Waals surface area contributed by atoms with Crippen molar-refractivity contribution in [2.45, 2.75) is 84.8 Å². The van der Waals surface area contributed by atoms with Gasteiger partial charge in [-0.1, -0.05) is 32.4 Å². The van der Waals surface area contributed by atoms with Crippen molar-refractivity contribution in [2.75, 3.05) is 0 Å². The van der Waals surface area contributed by atoms with Gasteiger partial charge in [0.05, 0.1) is 6.10 Å². The molecule has 1 amide bonds. The van der Waals surface area contributed by atoms with Crippen molar-refractivity contribution in [3.8, 4) is 0 Å². The number of fused-ring (bicyclic) bond motifs is 5. The van der Waals surface area contributed by atoms with E-state index < -0.39 is 0 Å². The predicted octanol–water partition coefficient (Wildman–Crippen LogP) is 4.06. The normalized spacial score (nSPS) is 51.8. The van der Waals surface area contributed by atoms with E-state index in [2.05, 4.69) is 32.2 Å². The second kappa shape index (κ2) is 5.84. The second-order valence-electron chi connectivity index (χ2n) is 10.1. The predicted molar refractivity (Wildman–Crippen MR) is 99.9 cm³/mol. The van der Waals surface area contributed by atoms with Gasteiger partial charge in [-0.25, -0.2) is 0 Å².